The molecule has 0 unspecified atom stereocenters. The molecule has 0 fully saturated rings. The van der Waals surface area contributed by atoms with E-state index in [1.165, 1.54) is 6.92 Å². The van der Waals surface area contributed by atoms with Gasteiger partial charge in [0, 0.05) is 31.0 Å². The molecule has 3 aromatic rings. The third-order valence-electron chi connectivity index (χ3n) is 3.42. The molecule has 0 saturated heterocycles. The Morgan fingerprint density at radius 1 is 1.17 bits per heavy atom. The van der Waals surface area contributed by atoms with E-state index in [1.54, 1.807) is 11.3 Å². The van der Waals surface area contributed by atoms with Gasteiger partial charge in [0.15, 0.2) is 0 Å². The van der Waals surface area contributed by atoms with Crippen LogP contribution in [0.1, 0.15) is 12.7 Å². The number of thiophene rings is 1. The van der Waals surface area contributed by atoms with Gasteiger partial charge in [0.25, 0.3) is 0 Å². The Morgan fingerprint density at radius 2 is 1.96 bits per heavy atom. The minimum atomic E-state index is -0.0312. The van der Waals surface area contributed by atoms with E-state index in [1.807, 2.05) is 25.1 Å². The number of carbonyl (C=O) groups excluding carboxylic acids is 1. The van der Waals surface area contributed by atoms with E-state index in [4.69, 9.17) is 0 Å². The van der Waals surface area contributed by atoms with Crippen LogP contribution in [0, 0.1) is 6.92 Å². The summed E-state index contributed by atoms with van der Waals surface area (Å²) in [6, 6.07) is 10.2. The number of rotatable bonds is 5. The van der Waals surface area contributed by atoms with Crippen molar-refractivity contribution in [2.75, 3.05) is 18.4 Å². The number of hydrogen-bond donors (Lipinski definition) is 2. The topological polar surface area (TPSA) is 66.9 Å². The maximum atomic E-state index is 11.0. The molecule has 1 amide bonds. The Kier molecular flexibility index (Phi) is 4.52. The first-order chi connectivity index (χ1) is 11.1. The molecule has 2 aromatic heterocycles. The van der Waals surface area contributed by atoms with Crippen molar-refractivity contribution in [3.05, 3.63) is 41.5 Å². The molecule has 1 aromatic carbocycles. The fraction of sp³-hybridized carbons (Fsp3) is 0.235. The minimum Gasteiger partial charge on any atom is -0.368 e. The molecule has 0 atom stereocenters. The molecular weight excluding hydrogens is 308 g/mol. The highest BCUT2D eigenvalue weighted by molar-refractivity contribution is 7.17. The van der Waals surface area contributed by atoms with Gasteiger partial charge in [-0.1, -0.05) is 30.3 Å². The summed E-state index contributed by atoms with van der Waals surface area (Å²) in [7, 11) is 0. The van der Waals surface area contributed by atoms with E-state index < -0.39 is 0 Å². The van der Waals surface area contributed by atoms with Crippen molar-refractivity contribution in [2.24, 2.45) is 0 Å². The largest absolute Gasteiger partial charge is 0.368 e. The zero-order valence-corrected chi connectivity index (χ0v) is 13.9. The summed E-state index contributed by atoms with van der Waals surface area (Å²) in [5.41, 5.74) is 2.28. The number of anilines is 1. The van der Waals surface area contributed by atoms with E-state index in [0.717, 1.165) is 33.0 Å². The first-order valence-electron chi connectivity index (χ1n) is 7.44. The maximum Gasteiger partial charge on any atom is 0.216 e. The summed E-state index contributed by atoms with van der Waals surface area (Å²) < 4.78 is 0. The van der Waals surface area contributed by atoms with Crippen LogP contribution < -0.4 is 10.6 Å². The van der Waals surface area contributed by atoms with Crippen LogP contribution in [-0.2, 0) is 4.79 Å². The zero-order chi connectivity index (χ0) is 16.2. The van der Waals surface area contributed by atoms with E-state index in [9.17, 15) is 4.79 Å². The highest BCUT2D eigenvalue weighted by Gasteiger charge is 2.13. The maximum absolute atomic E-state index is 11.0. The van der Waals surface area contributed by atoms with E-state index in [2.05, 4.69) is 38.1 Å². The smallest absolute Gasteiger partial charge is 0.216 e. The van der Waals surface area contributed by atoms with Gasteiger partial charge in [-0.15, -0.1) is 11.3 Å². The monoisotopic (exact) mass is 326 g/mol. The lowest BCUT2D eigenvalue weighted by molar-refractivity contribution is -0.118. The third-order valence-corrected chi connectivity index (χ3v) is 4.29. The summed E-state index contributed by atoms with van der Waals surface area (Å²) in [4.78, 5) is 21.0. The second-order valence-corrected chi connectivity index (χ2v) is 6.08. The van der Waals surface area contributed by atoms with Gasteiger partial charge in [0.2, 0.25) is 5.91 Å². The number of aryl methyl sites for hydroxylation is 1. The van der Waals surface area contributed by atoms with E-state index >= 15 is 0 Å². The molecular formula is C17H18N4OS. The van der Waals surface area contributed by atoms with Crippen molar-refractivity contribution in [2.45, 2.75) is 13.8 Å². The minimum absolute atomic E-state index is 0.0312. The Hall–Kier alpha value is -2.47. The van der Waals surface area contributed by atoms with E-state index in [0.29, 0.717) is 13.1 Å². The molecule has 0 saturated carbocycles. The molecule has 5 nitrogen and oxygen atoms in total. The summed E-state index contributed by atoms with van der Waals surface area (Å²) in [6.07, 6.45) is 0. The van der Waals surface area contributed by atoms with Gasteiger partial charge >= 0.3 is 0 Å². The molecule has 6 heteroatoms. The number of benzene rings is 1. The number of aromatic nitrogens is 2. The van der Waals surface area contributed by atoms with Crippen LogP contribution in [0.2, 0.25) is 0 Å². The van der Waals surface area contributed by atoms with Crippen molar-refractivity contribution in [1.29, 1.82) is 0 Å². The zero-order valence-electron chi connectivity index (χ0n) is 13.1. The van der Waals surface area contributed by atoms with Crippen LogP contribution in [0.3, 0.4) is 0 Å². The lowest BCUT2D eigenvalue weighted by Gasteiger charge is -2.10. The Balaban J connectivity index is 1.96. The lowest BCUT2D eigenvalue weighted by atomic mass is 10.1. The first-order valence-corrected chi connectivity index (χ1v) is 8.32. The van der Waals surface area contributed by atoms with E-state index in [-0.39, 0.29) is 5.91 Å². The molecule has 0 aliphatic heterocycles. The number of nitrogens with zero attached hydrogens (tertiary/aromatic N) is 2. The summed E-state index contributed by atoms with van der Waals surface area (Å²) in [5, 5.41) is 9.25. The second-order valence-electron chi connectivity index (χ2n) is 5.22. The fourth-order valence-electron chi connectivity index (χ4n) is 2.43. The number of carbonyl (C=O) groups is 1. The molecule has 3 rings (SSSR count). The third kappa shape index (κ3) is 3.48. The summed E-state index contributed by atoms with van der Waals surface area (Å²) in [5.74, 6) is 1.52. The molecule has 2 N–H and O–H groups in total. The molecule has 23 heavy (non-hydrogen) atoms. The fourth-order valence-corrected chi connectivity index (χ4v) is 3.42. The van der Waals surface area contributed by atoms with Crippen LogP contribution in [0.5, 0.6) is 0 Å². The standard InChI is InChI=1S/C17H18N4OS/c1-11-20-16(19-9-8-18-12(2)22)15-14(10-23-17(15)21-11)13-6-4-3-5-7-13/h3-7,10H,8-9H2,1-2H3,(H,18,22)(H,19,20,21). The quantitative estimate of drug-likeness (QED) is 0.707. The normalized spacial score (nSPS) is 10.7. The Labute approximate surface area is 138 Å². The van der Waals surface area contributed by atoms with Crippen molar-refractivity contribution >= 4 is 33.3 Å². The first kappa shape index (κ1) is 15.4. The van der Waals surface area contributed by atoms with Gasteiger partial charge in [-0.3, -0.25) is 4.79 Å². The average molecular weight is 326 g/mol. The van der Waals surface area contributed by atoms with Gasteiger partial charge in [-0.25, -0.2) is 9.97 Å². The predicted octanol–water partition coefficient (Wildman–Crippen LogP) is 3.21. The van der Waals surface area contributed by atoms with Crippen LogP contribution >= 0.6 is 11.3 Å². The van der Waals surface area contributed by atoms with Crippen molar-refractivity contribution in [3.8, 4) is 11.1 Å². The Morgan fingerprint density at radius 3 is 2.70 bits per heavy atom. The van der Waals surface area contributed by atoms with Gasteiger partial charge in [-0.05, 0) is 12.5 Å². The molecule has 118 valence electrons. The second kappa shape index (κ2) is 6.75. The van der Waals surface area contributed by atoms with Crippen LogP contribution in [-0.4, -0.2) is 29.0 Å². The summed E-state index contributed by atoms with van der Waals surface area (Å²) >= 11 is 1.62. The van der Waals surface area contributed by atoms with Gasteiger partial charge in [-0.2, -0.15) is 0 Å². The van der Waals surface area contributed by atoms with Gasteiger partial charge in [0.1, 0.15) is 16.5 Å². The average Bonchev–Trinajstić information content (AvgIpc) is 2.95. The summed E-state index contributed by atoms with van der Waals surface area (Å²) in [6.45, 7) is 4.58. The van der Waals surface area contributed by atoms with Crippen molar-refractivity contribution in [3.63, 3.8) is 0 Å². The molecule has 0 spiro atoms. The number of fused-ring (bicyclic) bond motifs is 1. The van der Waals surface area contributed by atoms with Crippen molar-refractivity contribution in [1.82, 2.24) is 15.3 Å². The van der Waals surface area contributed by atoms with Crippen molar-refractivity contribution < 1.29 is 4.79 Å². The van der Waals surface area contributed by atoms with Gasteiger partial charge < -0.3 is 10.6 Å². The Bertz CT molecular complexity index is 829. The SMILES string of the molecule is CC(=O)NCCNc1nc(C)nc2scc(-c3ccccc3)c12. The highest BCUT2D eigenvalue weighted by Crippen LogP contribution is 2.36. The van der Waals surface area contributed by atoms with Crippen LogP contribution in [0.15, 0.2) is 35.7 Å². The molecule has 0 aliphatic carbocycles. The highest BCUT2D eigenvalue weighted by atomic mass is 32.1. The molecule has 0 aliphatic rings. The van der Waals surface area contributed by atoms with Gasteiger partial charge in [0.05, 0.1) is 5.39 Å². The predicted molar refractivity (Wildman–Crippen MR) is 94.8 cm³/mol. The molecule has 0 radical (unpaired) electrons. The molecule has 0 bridgehead atoms. The lowest BCUT2D eigenvalue weighted by Crippen LogP contribution is -2.26. The van der Waals surface area contributed by atoms with Crippen LogP contribution in [0.25, 0.3) is 21.3 Å². The molecule has 2 heterocycles. The number of hydrogen-bond acceptors (Lipinski definition) is 5. The number of amides is 1. The van der Waals surface area contributed by atoms with Crippen LogP contribution in [0.4, 0.5) is 5.82 Å². The number of nitrogens with one attached hydrogen (secondary N) is 2.